The summed E-state index contributed by atoms with van der Waals surface area (Å²) in [6, 6.07) is 0. The van der Waals surface area contributed by atoms with Crippen LogP contribution in [0.4, 0.5) is 0 Å². The van der Waals surface area contributed by atoms with Crippen LogP contribution in [0.2, 0.25) is 0 Å². The average Bonchev–Trinajstić information content (AvgIpc) is 2.32. The molecular weight excluding hydrogens is 160 g/mol. The molecule has 0 spiro atoms. The van der Waals surface area contributed by atoms with E-state index in [1.807, 2.05) is 6.92 Å². The van der Waals surface area contributed by atoms with Crippen LogP contribution in [0.3, 0.4) is 0 Å². The molecule has 2 rings (SSSR count). The van der Waals surface area contributed by atoms with Gasteiger partial charge in [0.1, 0.15) is 5.84 Å². The maximum Gasteiger partial charge on any atom is 0.220 e. The first-order valence-corrected chi connectivity index (χ1v) is 3.65. The summed E-state index contributed by atoms with van der Waals surface area (Å²) in [5.41, 5.74) is 3.78. The van der Waals surface area contributed by atoms with E-state index >= 15 is 0 Å². The van der Waals surface area contributed by atoms with Crippen molar-refractivity contribution < 1.29 is 0 Å². The summed E-state index contributed by atoms with van der Waals surface area (Å²) in [7, 11) is 0. The minimum atomic E-state index is 0.127. The van der Waals surface area contributed by atoms with Crippen LogP contribution in [-0.4, -0.2) is 22.9 Å². The zero-order chi connectivity index (χ0) is 7.84. The van der Waals surface area contributed by atoms with Gasteiger partial charge in [-0.05, 0) is 19.1 Å². The van der Waals surface area contributed by atoms with Crippen molar-refractivity contribution in [3.05, 3.63) is 0 Å². The highest BCUT2D eigenvalue weighted by molar-refractivity contribution is 7.80. The maximum absolute atomic E-state index is 4.79. The fourth-order valence-electron chi connectivity index (χ4n) is 1.03. The van der Waals surface area contributed by atoms with Gasteiger partial charge in [0.15, 0.2) is 0 Å². The first kappa shape index (κ1) is 6.60. The lowest BCUT2D eigenvalue weighted by Crippen LogP contribution is -2.27. The Morgan fingerprint density at radius 2 is 2.45 bits per heavy atom. The number of nitrogens with zero attached hydrogens (tertiary/aromatic N) is 3. The van der Waals surface area contributed by atoms with E-state index in [-0.39, 0.29) is 5.92 Å². The van der Waals surface area contributed by atoms with Gasteiger partial charge in [0.25, 0.3) is 0 Å². The number of fused-ring (bicyclic) bond motifs is 1. The summed E-state index contributed by atoms with van der Waals surface area (Å²) in [5.74, 6) is 0.921. The van der Waals surface area contributed by atoms with Crippen molar-refractivity contribution in [2.24, 2.45) is 21.0 Å². The van der Waals surface area contributed by atoms with Gasteiger partial charge >= 0.3 is 0 Å². The number of hydrazone groups is 1. The molecule has 4 nitrogen and oxygen atoms in total. The molecule has 0 saturated carbocycles. The maximum atomic E-state index is 4.79. The summed E-state index contributed by atoms with van der Waals surface area (Å²) in [6.45, 7) is 1.93. The second kappa shape index (κ2) is 2.20. The van der Waals surface area contributed by atoms with E-state index in [1.165, 1.54) is 0 Å². The number of thiocarbonyl (C=S) groups is 1. The third kappa shape index (κ3) is 0.970. The van der Waals surface area contributed by atoms with Crippen LogP contribution >= 0.6 is 12.2 Å². The molecule has 2 aliphatic rings. The number of amidine groups is 1. The van der Waals surface area contributed by atoms with Gasteiger partial charge < -0.3 is 0 Å². The van der Waals surface area contributed by atoms with E-state index in [4.69, 9.17) is 12.2 Å². The van der Waals surface area contributed by atoms with E-state index < -0.39 is 0 Å². The van der Waals surface area contributed by atoms with Gasteiger partial charge in [0.2, 0.25) is 5.11 Å². The molecule has 0 aromatic heterocycles. The Bertz CT molecular complexity index is 302. The molecule has 5 heteroatoms. The van der Waals surface area contributed by atoms with Crippen molar-refractivity contribution in [3.63, 3.8) is 0 Å². The first-order chi connectivity index (χ1) is 5.27. The molecule has 0 aromatic rings. The fraction of sp³-hybridized carbons (Fsp3) is 0.333. The SMILES string of the molecule is CC1=NNC2=NC(=S)N=CC12. The molecule has 11 heavy (non-hydrogen) atoms. The molecule has 0 aromatic carbocycles. The molecule has 0 radical (unpaired) electrons. The normalized spacial score (nSPS) is 27.4. The summed E-state index contributed by atoms with van der Waals surface area (Å²) < 4.78 is 0. The molecule has 56 valence electrons. The van der Waals surface area contributed by atoms with E-state index in [0.717, 1.165) is 11.5 Å². The Hall–Kier alpha value is -1.10. The zero-order valence-electron chi connectivity index (χ0n) is 5.90. The predicted octanol–water partition coefficient (Wildman–Crippen LogP) is 0.350. The van der Waals surface area contributed by atoms with Gasteiger partial charge in [-0.1, -0.05) is 0 Å². The van der Waals surface area contributed by atoms with Crippen LogP contribution in [0, 0.1) is 5.92 Å². The Morgan fingerprint density at radius 3 is 3.27 bits per heavy atom. The van der Waals surface area contributed by atoms with E-state index in [0.29, 0.717) is 5.11 Å². The van der Waals surface area contributed by atoms with Crippen molar-refractivity contribution >= 4 is 35.1 Å². The highest BCUT2D eigenvalue weighted by atomic mass is 32.1. The lowest BCUT2D eigenvalue weighted by Gasteiger charge is -2.07. The largest absolute Gasteiger partial charge is 0.264 e. The lowest BCUT2D eigenvalue weighted by molar-refractivity contribution is 1.04. The van der Waals surface area contributed by atoms with Gasteiger partial charge in [-0.3, -0.25) is 5.43 Å². The Balaban J connectivity index is 2.36. The number of nitrogens with one attached hydrogen (secondary N) is 1. The average molecular weight is 166 g/mol. The third-order valence-electron chi connectivity index (χ3n) is 1.64. The van der Waals surface area contributed by atoms with Gasteiger partial charge in [-0.25, -0.2) is 9.98 Å². The standard InChI is InChI=1S/C6H6N4S/c1-3-4-2-7-6(11)8-5(4)10-9-3/h2,4H,1H3,(H,8,10,11). The monoisotopic (exact) mass is 166 g/mol. The molecule has 1 unspecified atom stereocenters. The van der Waals surface area contributed by atoms with Crippen molar-refractivity contribution in [2.45, 2.75) is 6.92 Å². The molecule has 2 heterocycles. The summed E-state index contributed by atoms with van der Waals surface area (Å²) in [5, 5.41) is 4.37. The minimum Gasteiger partial charge on any atom is -0.264 e. The second-order valence-corrected chi connectivity index (χ2v) is 2.77. The Morgan fingerprint density at radius 1 is 1.64 bits per heavy atom. The highest BCUT2D eigenvalue weighted by Crippen LogP contribution is 2.10. The summed E-state index contributed by atoms with van der Waals surface area (Å²) >= 11 is 4.79. The molecule has 0 bridgehead atoms. The van der Waals surface area contributed by atoms with Crippen molar-refractivity contribution in [2.75, 3.05) is 0 Å². The molecule has 0 fully saturated rings. The molecular formula is C6H6N4S. The molecule has 0 amide bonds. The number of aliphatic imine (C=N–C) groups is 2. The molecule has 1 N–H and O–H groups in total. The van der Waals surface area contributed by atoms with Crippen molar-refractivity contribution in [1.29, 1.82) is 0 Å². The second-order valence-electron chi connectivity index (χ2n) is 2.40. The van der Waals surface area contributed by atoms with E-state index in [9.17, 15) is 0 Å². The fourth-order valence-corrected chi connectivity index (χ4v) is 1.18. The van der Waals surface area contributed by atoms with Crippen LogP contribution in [-0.2, 0) is 0 Å². The molecule has 2 aliphatic heterocycles. The van der Waals surface area contributed by atoms with Crippen LogP contribution in [0.25, 0.3) is 0 Å². The summed E-state index contributed by atoms with van der Waals surface area (Å²) in [4.78, 5) is 7.94. The summed E-state index contributed by atoms with van der Waals surface area (Å²) in [6.07, 6.45) is 1.77. The van der Waals surface area contributed by atoms with Crippen molar-refractivity contribution in [1.82, 2.24) is 5.43 Å². The van der Waals surface area contributed by atoms with Crippen molar-refractivity contribution in [3.8, 4) is 0 Å². The smallest absolute Gasteiger partial charge is 0.220 e. The number of rotatable bonds is 0. The molecule has 0 saturated heterocycles. The molecule has 1 atom stereocenters. The van der Waals surface area contributed by atoms with Crippen LogP contribution < -0.4 is 5.43 Å². The molecule has 0 aliphatic carbocycles. The van der Waals surface area contributed by atoms with E-state index in [2.05, 4.69) is 20.5 Å². The first-order valence-electron chi connectivity index (χ1n) is 3.24. The van der Waals surface area contributed by atoms with E-state index in [1.54, 1.807) is 6.21 Å². The zero-order valence-corrected chi connectivity index (χ0v) is 6.72. The van der Waals surface area contributed by atoms with Gasteiger partial charge in [0.05, 0.1) is 11.6 Å². The van der Waals surface area contributed by atoms with Crippen LogP contribution in [0.1, 0.15) is 6.92 Å². The number of hydrogen-bond acceptors (Lipinski definition) is 3. The van der Waals surface area contributed by atoms with Crippen LogP contribution in [0.5, 0.6) is 0 Å². The van der Waals surface area contributed by atoms with Gasteiger partial charge in [0, 0.05) is 6.21 Å². The predicted molar refractivity (Wildman–Crippen MR) is 48.3 cm³/mol. The Kier molecular flexibility index (Phi) is 1.32. The topological polar surface area (TPSA) is 49.1 Å². The third-order valence-corrected chi connectivity index (χ3v) is 1.84. The minimum absolute atomic E-state index is 0.127. The van der Waals surface area contributed by atoms with Gasteiger partial charge in [-0.2, -0.15) is 5.10 Å². The van der Waals surface area contributed by atoms with Crippen LogP contribution in [0.15, 0.2) is 15.1 Å². The van der Waals surface area contributed by atoms with Gasteiger partial charge in [-0.15, -0.1) is 0 Å². The highest BCUT2D eigenvalue weighted by Gasteiger charge is 2.25. The lowest BCUT2D eigenvalue weighted by atomic mass is 10.1. The Labute approximate surface area is 69.1 Å². The quantitative estimate of drug-likeness (QED) is 0.528. The number of hydrogen-bond donors (Lipinski definition) is 1.